The molecule has 0 unspecified atom stereocenters. The average molecular weight is 526 g/mol. The Kier molecular flexibility index (Phi) is 7.05. The smallest absolute Gasteiger partial charge is 0.257 e. The van der Waals surface area contributed by atoms with Crippen LogP contribution in [-0.2, 0) is 32.3 Å². The SMILES string of the molecule is COCCN(CCOC)S(=O)(=O)c1ccc(C(=O)Nc2nc3c(cc4c5c(cccc53)CC4)s2)cc1. The van der Waals surface area contributed by atoms with Crippen molar-refractivity contribution in [2.24, 2.45) is 0 Å². The fourth-order valence-electron chi connectivity index (χ4n) is 4.59. The van der Waals surface area contributed by atoms with Crippen LogP contribution in [0.25, 0.3) is 21.0 Å². The minimum absolute atomic E-state index is 0.107. The summed E-state index contributed by atoms with van der Waals surface area (Å²) in [5.41, 5.74) is 3.92. The van der Waals surface area contributed by atoms with E-state index in [1.54, 1.807) is 0 Å². The summed E-state index contributed by atoms with van der Waals surface area (Å²) >= 11 is 1.44. The molecule has 3 aromatic carbocycles. The van der Waals surface area contributed by atoms with Crippen molar-refractivity contribution in [3.8, 4) is 0 Å². The molecular weight excluding hydrogens is 498 g/mol. The van der Waals surface area contributed by atoms with Gasteiger partial charge < -0.3 is 9.47 Å². The molecule has 1 aliphatic carbocycles. The highest BCUT2D eigenvalue weighted by atomic mass is 32.2. The van der Waals surface area contributed by atoms with Crippen molar-refractivity contribution >= 4 is 53.4 Å². The first kappa shape index (κ1) is 24.8. The Bertz CT molecular complexity index is 1520. The molecule has 0 fully saturated rings. The maximum absolute atomic E-state index is 13.1. The van der Waals surface area contributed by atoms with Crippen molar-refractivity contribution < 1.29 is 22.7 Å². The normalized spacial score (nSPS) is 13.2. The minimum Gasteiger partial charge on any atom is -0.383 e. The van der Waals surface area contributed by atoms with Gasteiger partial charge >= 0.3 is 0 Å². The highest BCUT2D eigenvalue weighted by molar-refractivity contribution is 7.89. The quantitative estimate of drug-likeness (QED) is 0.335. The Morgan fingerprint density at radius 1 is 1.03 bits per heavy atom. The zero-order valence-corrected chi connectivity index (χ0v) is 21.7. The van der Waals surface area contributed by atoms with E-state index < -0.39 is 10.0 Å². The monoisotopic (exact) mass is 525 g/mol. The van der Waals surface area contributed by atoms with Crippen LogP contribution < -0.4 is 5.32 Å². The summed E-state index contributed by atoms with van der Waals surface area (Å²) in [4.78, 5) is 17.7. The number of rotatable bonds is 10. The van der Waals surface area contributed by atoms with Gasteiger partial charge in [-0.25, -0.2) is 13.4 Å². The molecule has 10 heteroatoms. The maximum Gasteiger partial charge on any atom is 0.257 e. The van der Waals surface area contributed by atoms with Gasteiger partial charge in [0.25, 0.3) is 5.91 Å². The number of ether oxygens (including phenoxy) is 2. The Labute approximate surface area is 213 Å². The molecule has 0 saturated carbocycles. The summed E-state index contributed by atoms with van der Waals surface area (Å²) in [5, 5.41) is 5.80. The summed E-state index contributed by atoms with van der Waals surface area (Å²) in [7, 11) is -0.713. The second kappa shape index (κ2) is 10.2. The zero-order valence-electron chi connectivity index (χ0n) is 20.1. The van der Waals surface area contributed by atoms with Gasteiger partial charge in [-0.2, -0.15) is 4.31 Å². The summed E-state index contributed by atoms with van der Waals surface area (Å²) < 4.78 is 38.6. The molecule has 0 bridgehead atoms. The van der Waals surface area contributed by atoms with E-state index >= 15 is 0 Å². The number of anilines is 1. The molecule has 1 aromatic heterocycles. The Morgan fingerprint density at radius 2 is 1.72 bits per heavy atom. The van der Waals surface area contributed by atoms with Crippen LogP contribution in [0.4, 0.5) is 5.13 Å². The molecule has 1 amide bonds. The lowest BCUT2D eigenvalue weighted by molar-refractivity contribution is 0.102. The predicted octanol–water partition coefficient (Wildman–Crippen LogP) is 4.08. The van der Waals surface area contributed by atoms with E-state index in [9.17, 15) is 13.2 Å². The van der Waals surface area contributed by atoms with E-state index in [4.69, 9.17) is 14.5 Å². The molecule has 5 rings (SSSR count). The van der Waals surface area contributed by atoms with E-state index in [0.717, 1.165) is 28.4 Å². The maximum atomic E-state index is 13.1. The molecule has 36 heavy (non-hydrogen) atoms. The van der Waals surface area contributed by atoms with E-state index in [1.165, 1.54) is 70.6 Å². The van der Waals surface area contributed by atoms with Gasteiger partial charge in [-0.3, -0.25) is 10.1 Å². The Hall–Kier alpha value is -2.89. The number of amides is 1. The number of hydrogen-bond donors (Lipinski definition) is 1. The van der Waals surface area contributed by atoms with E-state index in [1.807, 2.05) is 0 Å². The number of benzene rings is 3. The van der Waals surface area contributed by atoms with Gasteiger partial charge in [-0.05, 0) is 59.7 Å². The lowest BCUT2D eigenvalue weighted by Crippen LogP contribution is -2.36. The highest BCUT2D eigenvalue weighted by Crippen LogP contribution is 2.39. The molecule has 8 nitrogen and oxygen atoms in total. The number of carbonyl (C=O) groups excluding carboxylic acids is 1. The fourth-order valence-corrected chi connectivity index (χ4v) is 6.94. The van der Waals surface area contributed by atoms with Crippen LogP contribution in [0.15, 0.2) is 53.4 Å². The minimum atomic E-state index is -3.76. The summed E-state index contributed by atoms with van der Waals surface area (Å²) in [6, 6.07) is 14.4. The van der Waals surface area contributed by atoms with Gasteiger partial charge in [-0.15, -0.1) is 0 Å². The second-order valence-corrected chi connectivity index (χ2v) is 11.6. The first-order valence-electron chi connectivity index (χ1n) is 11.7. The number of nitrogens with zero attached hydrogens (tertiary/aromatic N) is 2. The first-order chi connectivity index (χ1) is 17.4. The zero-order chi connectivity index (χ0) is 25.3. The van der Waals surface area contributed by atoms with Crippen LogP contribution in [-0.4, -0.2) is 64.1 Å². The van der Waals surface area contributed by atoms with Crippen LogP contribution >= 0.6 is 11.3 Å². The highest BCUT2D eigenvalue weighted by Gasteiger charge is 2.24. The predicted molar refractivity (Wildman–Crippen MR) is 141 cm³/mol. The number of fused-ring (bicyclic) bond motifs is 2. The third-order valence-corrected chi connectivity index (χ3v) is 9.24. The van der Waals surface area contributed by atoms with Crippen molar-refractivity contribution in [1.82, 2.24) is 9.29 Å². The van der Waals surface area contributed by atoms with Crippen molar-refractivity contribution in [2.45, 2.75) is 17.7 Å². The van der Waals surface area contributed by atoms with Crippen LogP contribution in [0.3, 0.4) is 0 Å². The van der Waals surface area contributed by atoms with Crippen molar-refractivity contribution in [3.63, 3.8) is 0 Å². The molecule has 0 aliphatic heterocycles. The topological polar surface area (TPSA) is 97.8 Å². The lowest BCUT2D eigenvalue weighted by atomic mass is 10.0. The molecule has 0 saturated heterocycles. The molecule has 1 heterocycles. The standard InChI is InChI=1S/C26H27N3O5S2/c1-33-14-12-29(13-15-34-2)36(31,32)20-10-8-18(9-11-20)25(30)28-26-27-24-21-5-3-4-17-6-7-19(23(17)21)16-22(24)35-26/h3-5,8-11,16H,6-7,12-15H2,1-2H3,(H,27,28,30). The number of sulfonamides is 1. The van der Waals surface area contributed by atoms with E-state index in [2.05, 4.69) is 29.6 Å². The lowest BCUT2D eigenvalue weighted by Gasteiger charge is -2.21. The van der Waals surface area contributed by atoms with Crippen molar-refractivity contribution in [2.75, 3.05) is 45.8 Å². The second-order valence-electron chi connectivity index (χ2n) is 8.61. The van der Waals surface area contributed by atoms with Gasteiger partial charge in [-0.1, -0.05) is 29.5 Å². The van der Waals surface area contributed by atoms with E-state index in [-0.39, 0.29) is 37.1 Å². The van der Waals surface area contributed by atoms with E-state index in [0.29, 0.717) is 10.7 Å². The van der Waals surface area contributed by atoms with Gasteiger partial charge in [0, 0.05) is 38.3 Å². The van der Waals surface area contributed by atoms with Gasteiger partial charge in [0.05, 0.1) is 28.3 Å². The fraction of sp³-hybridized carbons (Fsp3) is 0.308. The third kappa shape index (κ3) is 4.62. The van der Waals surface area contributed by atoms with Gasteiger partial charge in [0.2, 0.25) is 10.0 Å². The Balaban J connectivity index is 1.36. The molecule has 1 N–H and O–H groups in total. The van der Waals surface area contributed by atoms with Crippen LogP contribution in [0.5, 0.6) is 0 Å². The molecule has 0 radical (unpaired) electrons. The summed E-state index contributed by atoms with van der Waals surface area (Å²) in [6.07, 6.45) is 2.07. The largest absolute Gasteiger partial charge is 0.383 e. The van der Waals surface area contributed by atoms with Gasteiger partial charge in [0.1, 0.15) is 0 Å². The number of aromatic nitrogens is 1. The van der Waals surface area contributed by atoms with Crippen molar-refractivity contribution in [1.29, 1.82) is 0 Å². The van der Waals surface area contributed by atoms with Crippen molar-refractivity contribution in [3.05, 3.63) is 65.2 Å². The third-order valence-electron chi connectivity index (χ3n) is 6.41. The first-order valence-corrected chi connectivity index (χ1v) is 13.9. The molecule has 0 spiro atoms. The molecule has 188 valence electrons. The number of carbonyl (C=O) groups is 1. The number of nitrogens with one attached hydrogen (secondary N) is 1. The number of aryl methyl sites for hydroxylation is 2. The summed E-state index contributed by atoms with van der Waals surface area (Å²) in [6.45, 7) is 0.952. The van der Waals surface area contributed by atoms with Gasteiger partial charge in [0.15, 0.2) is 5.13 Å². The average Bonchev–Trinajstić information content (AvgIpc) is 3.49. The Morgan fingerprint density at radius 3 is 2.42 bits per heavy atom. The van der Waals surface area contributed by atoms with Crippen LogP contribution in [0.2, 0.25) is 0 Å². The van der Waals surface area contributed by atoms with Crippen LogP contribution in [0.1, 0.15) is 21.5 Å². The number of methoxy groups -OCH3 is 2. The summed E-state index contributed by atoms with van der Waals surface area (Å²) in [5.74, 6) is -0.342. The number of thiazole rings is 1. The number of hydrogen-bond acceptors (Lipinski definition) is 7. The molecular formula is C26H27N3O5S2. The van der Waals surface area contributed by atoms with Crippen LogP contribution in [0, 0.1) is 0 Å². The molecule has 1 aliphatic rings. The molecule has 4 aromatic rings. The molecule has 0 atom stereocenters.